The minimum Gasteiger partial charge on any atom is -0.494 e. The van der Waals surface area contributed by atoms with E-state index in [0.29, 0.717) is 39.0 Å². The number of H-pyrrole nitrogens is 1. The van der Waals surface area contributed by atoms with E-state index in [1.807, 2.05) is 12.1 Å². The van der Waals surface area contributed by atoms with Crippen LogP contribution >= 0.6 is 0 Å². The monoisotopic (exact) mass is 480 g/mol. The molecule has 36 heavy (non-hydrogen) atoms. The van der Waals surface area contributed by atoms with E-state index in [2.05, 4.69) is 29.9 Å². The van der Waals surface area contributed by atoms with Gasteiger partial charge in [0, 0.05) is 40.4 Å². The molecule has 0 saturated heterocycles. The number of hydrogen-bond acceptors (Lipinski definition) is 9. The van der Waals surface area contributed by atoms with Crippen LogP contribution in [0.25, 0.3) is 12.2 Å². The van der Waals surface area contributed by atoms with Crippen molar-refractivity contribution in [3.8, 4) is 11.8 Å². The van der Waals surface area contributed by atoms with Crippen molar-refractivity contribution >= 4 is 17.9 Å². The van der Waals surface area contributed by atoms with Gasteiger partial charge in [-0.3, -0.25) is 9.98 Å². The van der Waals surface area contributed by atoms with Crippen LogP contribution in [0, 0.1) is 0 Å². The third-order valence-electron chi connectivity index (χ3n) is 5.65. The topological polar surface area (TPSA) is 138 Å². The highest BCUT2D eigenvalue weighted by Gasteiger charge is 2.36. The third-order valence-corrected chi connectivity index (χ3v) is 5.65. The summed E-state index contributed by atoms with van der Waals surface area (Å²) in [6.45, 7) is 0. The number of rotatable bonds is 0. The highest BCUT2D eigenvalue weighted by Crippen LogP contribution is 2.36. The Bertz CT molecular complexity index is 1730. The van der Waals surface area contributed by atoms with Gasteiger partial charge in [-0.25, -0.2) is 20.0 Å². The van der Waals surface area contributed by atoms with Crippen molar-refractivity contribution in [1.29, 1.82) is 0 Å². The predicted molar refractivity (Wildman–Crippen MR) is 129 cm³/mol. The Morgan fingerprint density at radius 1 is 0.861 bits per heavy atom. The molecule has 6 rings (SSSR count). The number of allylic oxidation sites excluding steroid dienone is 2. The largest absolute Gasteiger partial charge is 0.494 e. The van der Waals surface area contributed by atoms with Gasteiger partial charge < -0.3 is 19.7 Å². The van der Waals surface area contributed by atoms with Crippen LogP contribution in [0.15, 0.2) is 88.0 Å². The van der Waals surface area contributed by atoms with E-state index in [1.54, 1.807) is 36.7 Å². The van der Waals surface area contributed by atoms with Crippen LogP contribution in [-0.4, -0.2) is 37.0 Å². The first-order valence-electron chi connectivity index (χ1n) is 11.2. The molecule has 10 nitrogen and oxygen atoms in total. The molecule has 3 aromatic rings. The second-order valence-electron chi connectivity index (χ2n) is 8.20. The standard InChI is InChI=1S/C26H20N6O4/c33-25-17-11-15-3-1-5-27-23(15)29-7-9-35-21-13-19(21)31-20-14-22(20)36-10-8-30-24-16(4-2-6-28-24)12-18(17)26(34)32-25/h1-12,21,32-34H,13-14H2/b9-7-,10-8+,15-11?,16-12?,29-23?,30-24?,31-19?. The molecule has 0 spiro atoms. The van der Waals surface area contributed by atoms with Crippen LogP contribution in [-0.2, 0) is 9.47 Å². The summed E-state index contributed by atoms with van der Waals surface area (Å²) in [4.78, 5) is 24.6. The molecule has 1 fully saturated rings. The number of nitrogens with zero attached hydrogens (tertiary/aromatic N) is 5. The van der Waals surface area contributed by atoms with E-state index >= 15 is 0 Å². The Morgan fingerprint density at radius 3 is 2.17 bits per heavy atom. The molecule has 0 aromatic carbocycles. The Labute approximate surface area is 204 Å². The summed E-state index contributed by atoms with van der Waals surface area (Å²) in [7, 11) is 0. The number of ether oxygens (including phenoxy) is 2. The number of aromatic nitrogens is 3. The Morgan fingerprint density at radius 2 is 1.50 bits per heavy atom. The van der Waals surface area contributed by atoms with Gasteiger partial charge in [-0.05, 0) is 36.4 Å². The molecule has 4 heterocycles. The maximum atomic E-state index is 10.5. The van der Waals surface area contributed by atoms with E-state index in [0.717, 1.165) is 23.6 Å². The second kappa shape index (κ2) is 8.99. The van der Waals surface area contributed by atoms with Crippen LogP contribution < -0.4 is 21.4 Å². The lowest BCUT2D eigenvalue weighted by Gasteiger charge is -1.96. The van der Waals surface area contributed by atoms with Gasteiger partial charge in [-0.1, -0.05) is 0 Å². The number of fused-ring (bicyclic) bond motifs is 4. The molecule has 3 aliphatic rings. The molecule has 3 N–H and O–H groups in total. The maximum absolute atomic E-state index is 10.5. The lowest BCUT2D eigenvalue weighted by atomic mass is 10.1. The van der Waals surface area contributed by atoms with Crippen LogP contribution in [0.5, 0.6) is 11.8 Å². The summed E-state index contributed by atoms with van der Waals surface area (Å²) in [6.07, 6.45) is 14.0. The van der Waals surface area contributed by atoms with Crippen LogP contribution in [0.3, 0.4) is 0 Å². The van der Waals surface area contributed by atoms with Gasteiger partial charge in [0.05, 0.1) is 30.2 Å². The normalized spacial score (nSPS) is 20.1. The van der Waals surface area contributed by atoms with Crippen LogP contribution in [0.4, 0.5) is 0 Å². The fraction of sp³-hybridized carbons (Fsp3) is 0.115. The third kappa shape index (κ3) is 4.51. The number of nitrogens with one attached hydrogen (secondary N) is 1. The van der Waals surface area contributed by atoms with Crippen molar-refractivity contribution < 1.29 is 19.7 Å². The Kier molecular flexibility index (Phi) is 5.38. The number of aliphatic imine (C=N–C) groups is 1. The molecule has 0 radical (unpaired) electrons. The molecule has 3 aromatic heterocycles. The fourth-order valence-electron chi connectivity index (χ4n) is 3.68. The summed E-state index contributed by atoms with van der Waals surface area (Å²) in [6, 6.07) is 7.14. The molecule has 1 atom stereocenters. The van der Waals surface area contributed by atoms with Gasteiger partial charge in [0.1, 0.15) is 24.4 Å². The minimum atomic E-state index is -0.199. The van der Waals surface area contributed by atoms with Gasteiger partial charge in [0.15, 0.2) is 22.7 Å². The smallest absolute Gasteiger partial charge is 0.199 e. The maximum Gasteiger partial charge on any atom is 0.199 e. The van der Waals surface area contributed by atoms with E-state index in [4.69, 9.17) is 9.47 Å². The summed E-state index contributed by atoms with van der Waals surface area (Å²) in [5.74, 6) is 0.393. The average molecular weight is 480 g/mol. The van der Waals surface area contributed by atoms with Crippen LogP contribution in [0.2, 0.25) is 0 Å². The first-order chi connectivity index (χ1) is 17.7. The quantitative estimate of drug-likeness (QED) is 0.438. The molecule has 0 amide bonds. The first-order valence-corrected chi connectivity index (χ1v) is 11.2. The SMILES string of the molecule is Oc1[nH]c(O)c2c1C=c1cccnc1=N/C=C\OC1CC1=NC1=C(C1)O/C=C/N=c1ncccc1=C2. The van der Waals surface area contributed by atoms with Crippen molar-refractivity contribution in [1.82, 2.24) is 15.0 Å². The minimum absolute atomic E-state index is 0.0688. The molecular weight excluding hydrogens is 460 g/mol. The molecule has 178 valence electrons. The van der Waals surface area contributed by atoms with E-state index < -0.39 is 0 Å². The summed E-state index contributed by atoms with van der Waals surface area (Å²) < 4.78 is 11.3. The molecule has 1 aliphatic heterocycles. The lowest BCUT2D eigenvalue weighted by molar-refractivity contribution is 0.251. The van der Waals surface area contributed by atoms with Crippen molar-refractivity contribution in [3.63, 3.8) is 0 Å². The summed E-state index contributed by atoms with van der Waals surface area (Å²) >= 11 is 0. The van der Waals surface area contributed by atoms with Gasteiger partial charge in [0.2, 0.25) is 0 Å². The van der Waals surface area contributed by atoms with Crippen molar-refractivity contribution in [2.24, 2.45) is 15.0 Å². The fourth-order valence-corrected chi connectivity index (χ4v) is 3.68. The zero-order chi connectivity index (χ0) is 24.5. The molecular formula is C26H20N6O4. The van der Waals surface area contributed by atoms with Crippen molar-refractivity contribution in [2.45, 2.75) is 18.9 Å². The van der Waals surface area contributed by atoms with Crippen molar-refractivity contribution in [2.75, 3.05) is 0 Å². The summed E-state index contributed by atoms with van der Waals surface area (Å²) in [5, 5.41) is 22.3. The second-order valence-corrected chi connectivity index (χ2v) is 8.20. The number of aromatic hydroxyl groups is 2. The Hall–Kier alpha value is -4.99. The molecule has 1 saturated carbocycles. The highest BCUT2D eigenvalue weighted by molar-refractivity contribution is 6.04. The highest BCUT2D eigenvalue weighted by atomic mass is 16.5. The van der Waals surface area contributed by atoms with Crippen LogP contribution in [0.1, 0.15) is 24.0 Å². The van der Waals surface area contributed by atoms with E-state index in [-0.39, 0.29) is 17.9 Å². The Balaban J connectivity index is 1.52. The average Bonchev–Trinajstić information content (AvgIpc) is 3.79. The number of pyridine rings is 2. The van der Waals surface area contributed by atoms with Gasteiger partial charge in [-0.2, -0.15) is 0 Å². The zero-order valence-corrected chi connectivity index (χ0v) is 18.9. The molecule has 1 unspecified atom stereocenters. The molecule has 10 heteroatoms. The number of aromatic amines is 1. The molecule has 2 aliphatic carbocycles. The van der Waals surface area contributed by atoms with Gasteiger partial charge >= 0.3 is 0 Å². The number of hydrogen-bond donors (Lipinski definition) is 3. The first kappa shape index (κ1) is 21.5. The van der Waals surface area contributed by atoms with E-state index in [9.17, 15) is 10.2 Å². The van der Waals surface area contributed by atoms with Gasteiger partial charge in [-0.15, -0.1) is 0 Å². The van der Waals surface area contributed by atoms with E-state index in [1.165, 1.54) is 24.9 Å². The zero-order valence-electron chi connectivity index (χ0n) is 18.9. The predicted octanol–water partition coefficient (Wildman–Crippen LogP) is 0.930. The molecule has 0 bridgehead atoms. The lowest BCUT2D eigenvalue weighted by Crippen LogP contribution is -2.28. The van der Waals surface area contributed by atoms with Crippen molar-refractivity contribution in [3.05, 3.63) is 106 Å². The van der Waals surface area contributed by atoms with Gasteiger partial charge in [0.25, 0.3) is 0 Å². The summed E-state index contributed by atoms with van der Waals surface area (Å²) in [5.41, 5.74) is 3.43.